The molecule has 0 unspecified atom stereocenters. The van der Waals surface area contributed by atoms with Crippen molar-refractivity contribution in [3.05, 3.63) is 163 Å². The first-order chi connectivity index (χ1) is 21.7. The van der Waals surface area contributed by atoms with E-state index < -0.39 is 0 Å². The van der Waals surface area contributed by atoms with Crippen molar-refractivity contribution in [2.24, 2.45) is 4.99 Å². The van der Waals surface area contributed by atoms with Crippen LogP contribution in [0.1, 0.15) is 11.1 Å². The van der Waals surface area contributed by atoms with E-state index in [1.807, 2.05) is 67.7 Å². The van der Waals surface area contributed by atoms with Crippen LogP contribution in [0.2, 0.25) is 0 Å². The molecule has 2 aromatic heterocycles. The van der Waals surface area contributed by atoms with Gasteiger partial charge in [-0.1, -0.05) is 115 Å². The molecular formula is C39H29N5. The number of nitrogens with zero attached hydrogens (tertiary/aromatic N) is 4. The van der Waals surface area contributed by atoms with E-state index in [2.05, 4.69) is 105 Å². The molecule has 0 aliphatic rings. The van der Waals surface area contributed by atoms with Crippen LogP contribution in [-0.2, 0) is 0 Å². The van der Waals surface area contributed by atoms with Crippen molar-refractivity contribution in [2.45, 2.75) is 0 Å². The smallest absolute Gasteiger partial charge is 0.157 e. The Kier molecular flexibility index (Phi) is 6.09. The van der Waals surface area contributed by atoms with Crippen molar-refractivity contribution in [3.8, 4) is 5.69 Å². The Morgan fingerprint density at radius 1 is 0.523 bits per heavy atom. The quantitative estimate of drug-likeness (QED) is 0.168. The maximum atomic E-state index is 8.92. The minimum absolute atomic E-state index is 0.212. The summed E-state index contributed by atoms with van der Waals surface area (Å²) in [6, 6.07) is 52.2. The number of nitrogens with one attached hydrogen (secondary N) is 1. The molecule has 2 heterocycles. The number of hydrogen-bond donors (Lipinski definition) is 1. The molecule has 210 valence electrons. The Morgan fingerprint density at radius 2 is 1.05 bits per heavy atom. The van der Waals surface area contributed by atoms with E-state index in [1.165, 1.54) is 27.1 Å². The van der Waals surface area contributed by atoms with Crippen LogP contribution >= 0.6 is 0 Å². The highest BCUT2D eigenvalue weighted by molar-refractivity contribution is 6.20. The molecule has 5 heteroatoms. The van der Waals surface area contributed by atoms with Crippen LogP contribution in [0.25, 0.3) is 49.3 Å². The average Bonchev–Trinajstić information content (AvgIpc) is 3.59. The SMILES string of the molecule is CN(C(=NC(=N)c1ccccc1)c1ccccc1)n1c2ccccc2c2cc3c4ccccc4n(-c4ccccc4)c3cc21. The molecule has 0 saturated carbocycles. The van der Waals surface area contributed by atoms with Gasteiger partial charge in [0.25, 0.3) is 0 Å². The number of fused-ring (bicyclic) bond motifs is 6. The summed E-state index contributed by atoms with van der Waals surface area (Å²) in [7, 11) is 2.03. The van der Waals surface area contributed by atoms with Crippen LogP contribution in [0, 0.1) is 5.41 Å². The van der Waals surface area contributed by atoms with E-state index >= 15 is 0 Å². The molecular weight excluding hydrogens is 538 g/mol. The average molecular weight is 568 g/mol. The summed E-state index contributed by atoms with van der Waals surface area (Å²) in [6.45, 7) is 0. The van der Waals surface area contributed by atoms with Crippen molar-refractivity contribution >= 4 is 55.3 Å². The number of amidine groups is 2. The molecule has 0 saturated heterocycles. The number of aromatic nitrogens is 2. The topological polar surface area (TPSA) is 49.3 Å². The molecule has 44 heavy (non-hydrogen) atoms. The second kappa shape index (κ2) is 10.4. The molecule has 5 nitrogen and oxygen atoms in total. The molecule has 0 fully saturated rings. The zero-order chi connectivity index (χ0) is 29.6. The van der Waals surface area contributed by atoms with Gasteiger partial charge in [-0.15, -0.1) is 0 Å². The molecule has 0 atom stereocenters. The van der Waals surface area contributed by atoms with Crippen molar-refractivity contribution in [2.75, 3.05) is 12.1 Å². The highest BCUT2D eigenvalue weighted by Crippen LogP contribution is 2.38. The van der Waals surface area contributed by atoms with Gasteiger partial charge in [0, 0.05) is 45.4 Å². The molecule has 0 bridgehead atoms. The highest BCUT2D eigenvalue weighted by atomic mass is 15.6. The van der Waals surface area contributed by atoms with Crippen molar-refractivity contribution in [1.29, 1.82) is 5.41 Å². The first-order valence-electron chi connectivity index (χ1n) is 14.7. The molecule has 8 aromatic rings. The standard InChI is InChI=1S/C39H29N5/c1-42(39(28-17-7-3-8-18-28)41-38(40)27-15-5-2-6-16-27)44-35-24-14-12-22-31(35)33-25-32-30-21-11-13-23-34(30)43(36(32)26-37(33)44)29-19-9-4-10-20-29/h2-26,40H,1H3. The summed E-state index contributed by atoms with van der Waals surface area (Å²) < 4.78 is 4.59. The third kappa shape index (κ3) is 4.09. The van der Waals surface area contributed by atoms with Gasteiger partial charge in [-0.25, -0.2) is 4.99 Å². The second-order valence-electron chi connectivity index (χ2n) is 10.9. The van der Waals surface area contributed by atoms with Crippen molar-refractivity contribution < 1.29 is 0 Å². The summed E-state index contributed by atoms with van der Waals surface area (Å²) in [5.41, 5.74) is 7.27. The van der Waals surface area contributed by atoms with Crippen LogP contribution in [0.3, 0.4) is 0 Å². The molecule has 8 rings (SSSR count). The molecule has 1 N–H and O–H groups in total. The van der Waals surface area contributed by atoms with Crippen LogP contribution in [0.5, 0.6) is 0 Å². The Balaban J connectivity index is 1.43. The van der Waals surface area contributed by atoms with E-state index in [-0.39, 0.29) is 5.84 Å². The largest absolute Gasteiger partial charge is 0.309 e. The lowest BCUT2D eigenvalue weighted by Gasteiger charge is -2.25. The molecule has 0 spiro atoms. The van der Waals surface area contributed by atoms with E-state index in [0.29, 0.717) is 5.84 Å². The van der Waals surface area contributed by atoms with E-state index in [4.69, 9.17) is 10.4 Å². The van der Waals surface area contributed by atoms with Gasteiger partial charge >= 0.3 is 0 Å². The third-order valence-electron chi connectivity index (χ3n) is 8.36. The summed E-state index contributed by atoms with van der Waals surface area (Å²) in [4.78, 5) is 4.95. The van der Waals surface area contributed by atoms with E-state index in [1.54, 1.807) is 0 Å². The monoisotopic (exact) mass is 567 g/mol. The van der Waals surface area contributed by atoms with E-state index in [0.717, 1.165) is 33.4 Å². The van der Waals surface area contributed by atoms with Crippen molar-refractivity contribution in [3.63, 3.8) is 0 Å². The summed E-state index contributed by atoms with van der Waals surface area (Å²) in [5, 5.41) is 15.8. The molecule has 6 aromatic carbocycles. The van der Waals surface area contributed by atoms with Gasteiger partial charge in [0.1, 0.15) is 0 Å². The van der Waals surface area contributed by atoms with Crippen LogP contribution in [-0.4, -0.2) is 28.0 Å². The lowest BCUT2D eigenvalue weighted by molar-refractivity contribution is 0.865. The minimum Gasteiger partial charge on any atom is -0.309 e. The number of aliphatic imine (C=N–C) groups is 1. The lowest BCUT2D eigenvalue weighted by Crippen LogP contribution is -2.37. The Labute approximate surface area is 255 Å². The zero-order valence-electron chi connectivity index (χ0n) is 24.2. The number of benzene rings is 6. The minimum atomic E-state index is 0.212. The van der Waals surface area contributed by atoms with Gasteiger partial charge in [0.15, 0.2) is 11.7 Å². The van der Waals surface area contributed by atoms with E-state index in [9.17, 15) is 0 Å². The van der Waals surface area contributed by atoms with Crippen LogP contribution < -0.4 is 5.01 Å². The fourth-order valence-electron chi connectivity index (χ4n) is 6.36. The molecule has 0 aliphatic carbocycles. The maximum absolute atomic E-state index is 8.92. The predicted molar refractivity (Wildman–Crippen MR) is 184 cm³/mol. The fourth-order valence-corrected chi connectivity index (χ4v) is 6.36. The first kappa shape index (κ1) is 25.7. The third-order valence-corrected chi connectivity index (χ3v) is 8.36. The molecule has 0 amide bonds. The van der Waals surface area contributed by atoms with Crippen LogP contribution in [0.4, 0.5) is 0 Å². The molecule has 0 radical (unpaired) electrons. The number of hydrogen-bond acceptors (Lipinski definition) is 1. The van der Waals surface area contributed by atoms with Gasteiger partial charge < -0.3 is 4.57 Å². The Hall–Kier alpha value is -5.94. The summed E-state index contributed by atoms with van der Waals surface area (Å²) in [5.74, 6) is 0.898. The van der Waals surface area contributed by atoms with Gasteiger partial charge in [0.2, 0.25) is 0 Å². The highest BCUT2D eigenvalue weighted by Gasteiger charge is 2.21. The lowest BCUT2D eigenvalue weighted by atomic mass is 10.1. The predicted octanol–water partition coefficient (Wildman–Crippen LogP) is 8.93. The van der Waals surface area contributed by atoms with Gasteiger partial charge in [0.05, 0.1) is 22.1 Å². The number of para-hydroxylation sites is 3. The van der Waals surface area contributed by atoms with Crippen LogP contribution in [0.15, 0.2) is 157 Å². The zero-order valence-corrected chi connectivity index (χ0v) is 24.2. The summed E-state index contributed by atoms with van der Waals surface area (Å²) >= 11 is 0. The van der Waals surface area contributed by atoms with Crippen molar-refractivity contribution in [1.82, 2.24) is 9.24 Å². The van der Waals surface area contributed by atoms with Gasteiger partial charge in [-0.05, 0) is 36.4 Å². The Bertz CT molecular complexity index is 2350. The summed E-state index contributed by atoms with van der Waals surface area (Å²) in [6.07, 6.45) is 0. The Morgan fingerprint density at radius 3 is 1.73 bits per heavy atom. The van der Waals surface area contributed by atoms with Gasteiger partial charge in [-0.3, -0.25) is 15.1 Å². The molecule has 0 aliphatic heterocycles. The number of rotatable bonds is 4. The second-order valence-corrected chi connectivity index (χ2v) is 10.9. The van der Waals surface area contributed by atoms with Gasteiger partial charge in [-0.2, -0.15) is 0 Å². The normalized spacial score (nSPS) is 12.0. The maximum Gasteiger partial charge on any atom is 0.157 e. The fraction of sp³-hybridized carbons (Fsp3) is 0.0256. The first-order valence-corrected chi connectivity index (χ1v) is 14.7.